The third kappa shape index (κ3) is 2.97. The molecular weight excluding hydrogens is 274 g/mol. The third-order valence-electron chi connectivity index (χ3n) is 5.31. The zero-order chi connectivity index (χ0) is 15.4. The maximum Gasteiger partial charge on any atom is 0.119 e. The van der Waals surface area contributed by atoms with E-state index in [2.05, 4.69) is 22.4 Å². The number of piperazine rings is 1. The van der Waals surface area contributed by atoms with Crippen LogP contribution in [0.1, 0.15) is 31.2 Å². The molecule has 1 aliphatic heterocycles. The van der Waals surface area contributed by atoms with Crippen molar-refractivity contribution in [2.75, 3.05) is 33.3 Å². The molecule has 0 bridgehead atoms. The van der Waals surface area contributed by atoms with E-state index in [9.17, 15) is 5.26 Å². The smallest absolute Gasteiger partial charge is 0.119 e. The average molecular weight is 299 g/mol. The molecule has 2 aliphatic rings. The lowest BCUT2D eigenvalue weighted by Crippen LogP contribution is -2.50. The van der Waals surface area contributed by atoms with Crippen LogP contribution in [0.2, 0.25) is 0 Å². The van der Waals surface area contributed by atoms with E-state index in [0.29, 0.717) is 6.04 Å². The fraction of sp³-hybridized carbons (Fsp3) is 0.611. The van der Waals surface area contributed by atoms with Crippen LogP contribution in [0.5, 0.6) is 5.75 Å². The SMILES string of the molecule is COc1cccc([C@]2(C#N)CC[C@@H](N3CCNCC3)CC2)c1. The molecule has 3 rings (SSSR count). The first kappa shape index (κ1) is 15.3. The molecule has 1 heterocycles. The highest BCUT2D eigenvalue weighted by atomic mass is 16.5. The molecule has 2 fully saturated rings. The summed E-state index contributed by atoms with van der Waals surface area (Å²) in [5.74, 6) is 0.844. The lowest BCUT2D eigenvalue weighted by Gasteiger charge is -2.42. The quantitative estimate of drug-likeness (QED) is 0.930. The topological polar surface area (TPSA) is 48.3 Å². The van der Waals surface area contributed by atoms with Gasteiger partial charge in [0.2, 0.25) is 0 Å². The van der Waals surface area contributed by atoms with Crippen LogP contribution in [0.15, 0.2) is 24.3 Å². The number of nitrogens with zero attached hydrogens (tertiary/aromatic N) is 2. The van der Waals surface area contributed by atoms with E-state index in [-0.39, 0.29) is 5.41 Å². The van der Waals surface area contributed by atoms with Crippen LogP contribution in [-0.4, -0.2) is 44.2 Å². The second-order valence-corrected chi connectivity index (χ2v) is 6.44. The molecule has 118 valence electrons. The van der Waals surface area contributed by atoms with Crippen molar-refractivity contribution in [2.45, 2.75) is 37.1 Å². The summed E-state index contributed by atoms with van der Waals surface area (Å²) in [6, 6.07) is 11.3. The van der Waals surface area contributed by atoms with E-state index in [0.717, 1.165) is 63.2 Å². The molecule has 1 saturated heterocycles. The summed E-state index contributed by atoms with van der Waals surface area (Å²) in [5, 5.41) is 13.3. The second-order valence-electron chi connectivity index (χ2n) is 6.44. The van der Waals surface area contributed by atoms with Crippen LogP contribution in [-0.2, 0) is 5.41 Å². The van der Waals surface area contributed by atoms with E-state index >= 15 is 0 Å². The largest absolute Gasteiger partial charge is 0.497 e. The first-order valence-corrected chi connectivity index (χ1v) is 8.28. The Morgan fingerprint density at radius 3 is 2.64 bits per heavy atom. The minimum Gasteiger partial charge on any atom is -0.497 e. The molecule has 0 spiro atoms. The van der Waals surface area contributed by atoms with Crippen molar-refractivity contribution in [3.63, 3.8) is 0 Å². The number of ether oxygens (including phenoxy) is 1. The molecule has 0 radical (unpaired) electrons. The Kier molecular flexibility index (Phi) is 4.66. The zero-order valence-electron chi connectivity index (χ0n) is 13.3. The summed E-state index contributed by atoms with van der Waals surface area (Å²) in [7, 11) is 1.68. The Morgan fingerprint density at radius 1 is 1.27 bits per heavy atom. The Labute approximate surface area is 133 Å². The first-order chi connectivity index (χ1) is 10.8. The molecule has 1 aliphatic carbocycles. The van der Waals surface area contributed by atoms with Crippen molar-refractivity contribution >= 4 is 0 Å². The minimum absolute atomic E-state index is 0.334. The van der Waals surface area contributed by atoms with Crippen LogP contribution in [0.3, 0.4) is 0 Å². The molecule has 1 aromatic carbocycles. The van der Waals surface area contributed by atoms with Crippen LogP contribution in [0, 0.1) is 11.3 Å². The molecule has 1 aromatic rings. The predicted octanol–water partition coefficient (Wildman–Crippen LogP) is 2.30. The monoisotopic (exact) mass is 299 g/mol. The van der Waals surface area contributed by atoms with Gasteiger partial charge in [0, 0.05) is 32.2 Å². The van der Waals surface area contributed by atoms with Crippen molar-refractivity contribution in [1.29, 1.82) is 5.26 Å². The van der Waals surface area contributed by atoms with Crippen molar-refractivity contribution in [3.05, 3.63) is 29.8 Å². The second kappa shape index (κ2) is 6.68. The van der Waals surface area contributed by atoms with E-state index < -0.39 is 0 Å². The molecule has 0 amide bonds. The van der Waals surface area contributed by atoms with Crippen LogP contribution in [0.4, 0.5) is 0 Å². The predicted molar refractivity (Wildman–Crippen MR) is 87.0 cm³/mol. The molecule has 0 atom stereocenters. The van der Waals surface area contributed by atoms with Gasteiger partial charge in [0.15, 0.2) is 0 Å². The van der Waals surface area contributed by atoms with Gasteiger partial charge in [-0.1, -0.05) is 12.1 Å². The highest BCUT2D eigenvalue weighted by Gasteiger charge is 2.39. The van der Waals surface area contributed by atoms with Gasteiger partial charge in [0.25, 0.3) is 0 Å². The molecule has 4 nitrogen and oxygen atoms in total. The molecule has 1 N–H and O–H groups in total. The Morgan fingerprint density at radius 2 is 2.00 bits per heavy atom. The van der Waals surface area contributed by atoms with E-state index in [1.54, 1.807) is 7.11 Å². The molecule has 0 unspecified atom stereocenters. The third-order valence-corrected chi connectivity index (χ3v) is 5.31. The molecule has 0 aromatic heterocycles. The number of benzene rings is 1. The Balaban J connectivity index is 1.72. The highest BCUT2D eigenvalue weighted by molar-refractivity contribution is 5.38. The normalized spacial score (nSPS) is 29.7. The fourth-order valence-electron chi connectivity index (χ4n) is 3.89. The van der Waals surface area contributed by atoms with Crippen LogP contribution in [0.25, 0.3) is 0 Å². The van der Waals surface area contributed by atoms with E-state index in [4.69, 9.17) is 4.74 Å². The van der Waals surface area contributed by atoms with Crippen molar-refractivity contribution in [2.24, 2.45) is 0 Å². The summed E-state index contributed by atoms with van der Waals surface area (Å²) in [6.45, 7) is 4.47. The van der Waals surface area contributed by atoms with Gasteiger partial charge >= 0.3 is 0 Å². The van der Waals surface area contributed by atoms with Gasteiger partial charge in [-0.25, -0.2) is 0 Å². The van der Waals surface area contributed by atoms with Gasteiger partial charge in [-0.3, -0.25) is 4.90 Å². The molecular formula is C18H25N3O. The van der Waals surface area contributed by atoms with Gasteiger partial charge < -0.3 is 10.1 Å². The molecule has 4 heteroatoms. The summed E-state index contributed by atoms with van der Waals surface area (Å²) in [4.78, 5) is 2.60. The summed E-state index contributed by atoms with van der Waals surface area (Å²) in [6.07, 6.45) is 4.13. The van der Waals surface area contributed by atoms with Crippen molar-refractivity contribution in [1.82, 2.24) is 10.2 Å². The minimum atomic E-state index is -0.334. The lowest BCUT2D eigenvalue weighted by atomic mass is 9.69. The first-order valence-electron chi connectivity index (χ1n) is 8.28. The maximum atomic E-state index is 9.84. The van der Waals surface area contributed by atoms with Crippen LogP contribution < -0.4 is 10.1 Å². The van der Waals surface area contributed by atoms with E-state index in [1.807, 2.05) is 18.2 Å². The number of nitrogens with one attached hydrogen (secondary N) is 1. The summed E-state index contributed by atoms with van der Waals surface area (Å²) in [5.41, 5.74) is 0.784. The number of rotatable bonds is 3. The summed E-state index contributed by atoms with van der Waals surface area (Å²) >= 11 is 0. The number of methoxy groups -OCH3 is 1. The summed E-state index contributed by atoms with van der Waals surface area (Å²) < 4.78 is 5.33. The Bertz CT molecular complexity index is 538. The number of hydrogen-bond acceptors (Lipinski definition) is 4. The average Bonchev–Trinajstić information content (AvgIpc) is 2.62. The standard InChI is InChI=1S/C18H25N3O/c1-22-17-4-2-3-15(13-17)18(14-19)7-5-16(6-8-18)21-11-9-20-10-12-21/h2-4,13,16,20H,5-12H2,1H3/t16-,18-. The highest BCUT2D eigenvalue weighted by Crippen LogP contribution is 2.41. The Hall–Kier alpha value is -1.57. The lowest BCUT2D eigenvalue weighted by molar-refractivity contribution is 0.122. The van der Waals surface area contributed by atoms with Gasteiger partial charge in [0.1, 0.15) is 5.75 Å². The fourth-order valence-corrected chi connectivity index (χ4v) is 3.89. The van der Waals surface area contributed by atoms with E-state index in [1.165, 1.54) is 0 Å². The number of hydrogen-bond donors (Lipinski definition) is 1. The van der Waals surface area contributed by atoms with Gasteiger partial charge in [-0.2, -0.15) is 5.26 Å². The van der Waals surface area contributed by atoms with Crippen molar-refractivity contribution < 1.29 is 4.74 Å². The molecule has 1 saturated carbocycles. The maximum absolute atomic E-state index is 9.84. The van der Waals surface area contributed by atoms with Crippen LogP contribution >= 0.6 is 0 Å². The van der Waals surface area contributed by atoms with Gasteiger partial charge in [-0.05, 0) is 43.4 Å². The van der Waals surface area contributed by atoms with Gasteiger partial charge in [-0.15, -0.1) is 0 Å². The van der Waals surface area contributed by atoms with Gasteiger partial charge in [0.05, 0.1) is 18.6 Å². The zero-order valence-corrected chi connectivity index (χ0v) is 13.3. The number of nitriles is 1. The molecule has 22 heavy (non-hydrogen) atoms. The van der Waals surface area contributed by atoms with Crippen molar-refractivity contribution in [3.8, 4) is 11.8 Å².